The molecular formula is C17H18N6. The predicted molar refractivity (Wildman–Crippen MR) is 92.5 cm³/mol. The SMILES string of the molecule is Cc1ccc(Nc2ncnc(NCc3ccccc3)c2N)nc1. The van der Waals surface area contributed by atoms with Gasteiger partial charge in [0.2, 0.25) is 0 Å². The Morgan fingerprint density at radius 1 is 0.957 bits per heavy atom. The fraction of sp³-hybridized carbons (Fsp3) is 0.118. The van der Waals surface area contributed by atoms with Crippen molar-refractivity contribution in [2.45, 2.75) is 13.5 Å². The van der Waals surface area contributed by atoms with E-state index in [2.05, 4.69) is 25.6 Å². The lowest BCUT2D eigenvalue weighted by Crippen LogP contribution is -2.08. The number of hydrogen-bond donors (Lipinski definition) is 3. The molecule has 0 saturated carbocycles. The van der Waals surface area contributed by atoms with Crippen LogP contribution in [0.25, 0.3) is 0 Å². The van der Waals surface area contributed by atoms with Crippen LogP contribution in [0, 0.1) is 6.92 Å². The van der Waals surface area contributed by atoms with Crippen molar-refractivity contribution in [3.8, 4) is 0 Å². The summed E-state index contributed by atoms with van der Waals surface area (Å²) in [6.07, 6.45) is 3.26. The number of rotatable bonds is 5. The average molecular weight is 306 g/mol. The summed E-state index contributed by atoms with van der Waals surface area (Å²) in [6.45, 7) is 2.63. The largest absolute Gasteiger partial charge is 0.393 e. The summed E-state index contributed by atoms with van der Waals surface area (Å²) >= 11 is 0. The molecule has 6 nitrogen and oxygen atoms in total. The molecule has 0 aliphatic rings. The molecule has 3 rings (SSSR count). The van der Waals surface area contributed by atoms with E-state index < -0.39 is 0 Å². The monoisotopic (exact) mass is 306 g/mol. The minimum atomic E-state index is 0.464. The van der Waals surface area contributed by atoms with Crippen molar-refractivity contribution >= 4 is 23.1 Å². The molecule has 2 aromatic heterocycles. The predicted octanol–water partition coefficient (Wildman–Crippen LogP) is 3.12. The lowest BCUT2D eigenvalue weighted by molar-refractivity contribution is 1.08. The molecule has 4 N–H and O–H groups in total. The van der Waals surface area contributed by atoms with Gasteiger partial charge in [-0.05, 0) is 24.1 Å². The van der Waals surface area contributed by atoms with Gasteiger partial charge in [-0.3, -0.25) is 0 Å². The number of aromatic nitrogens is 3. The molecule has 1 aromatic carbocycles. The van der Waals surface area contributed by atoms with Gasteiger partial charge in [-0.1, -0.05) is 36.4 Å². The number of nitrogens with two attached hydrogens (primary N) is 1. The molecule has 0 aliphatic heterocycles. The van der Waals surface area contributed by atoms with Gasteiger partial charge in [0.05, 0.1) is 0 Å². The van der Waals surface area contributed by atoms with E-state index in [1.54, 1.807) is 6.20 Å². The first-order valence-corrected chi connectivity index (χ1v) is 7.30. The first-order chi connectivity index (χ1) is 11.2. The van der Waals surface area contributed by atoms with Gasteiger partial charge >= 0.3 is 0 Å². The van der Waals surface area contributed by atoms with Gasteiger partial charge in [0.1, 0.15) is 17.8 Å². The van der Waals surface area contributed by atoms with Crippen LogP contribution in [0.1, 0.15) is 11.1 Å². The summed E-state index contributed by atoms with van der Waals surface area (Å²) in [6, 6.07) is 13.9. The summed E-state index contributed by atoms with van der Waals surface area (Å²) in [5.74, 6) is 1.82. The van der Waals surface area contributed by atoms with E-state index in [4.69, 9.17) is 5.73 Å². The molecule has 3 aromatic rings. The van der Waals surface area contributed by atoms with Gasteiger partial charge in [0, 0.05) is 12.7 Å². The van der Waals surface area contributed by atoms with Crippen LogP contribution in [0.2, 0.25) is 0 Å². The quantitative estimate of drug-likeness (QED) is 0.671. The molecule has 0 radical (unpaired) electrons. The third kappa shape index (κ3) is 3.74. The third-order valence-corrected chi connectivity index (χ3v) is 3.34. The van der Waals surface area contributed by atoms with Crippen LogP contribution in [-0.2, 0) is 6.54 Å². The molecule has 0 unspecified atom stereocenters. The van der Waals surface area contributed by atoms with Crippen LogP contribution in [0.15, 0.2) is 55.0 Å². The van der Waals surface area contributed by atoms with Crippen LogP contribution >= 0.6 is 0 Å². The molecular weight excluding hydrogens is 288 g/mol. The number of nitrogens with zero attached hydrogens (tertiary/aromatic N) is 3. The standard InChI is InChI=1S/C17H18N6/c1-12-7-8-14(19-9-12)23-17-15(18)16(21-11-22-17)20-10-13-5-3-2-4-6-13/h2-9,11H,10,18H2,1H3,(H2,19,20,21,22,23). The topological polar surface area (TPSA) is 88.8 Å². The number of hydrogen-bond acceptors (Lipinski definition) is 6. The minimum Gasteiger partial charge on any atom is -0.393 e. The van der Waals surface area contributed by atoms with Crippen molar-refractivity contribution < 1.29 is 0 Å². The molecule has 0 bridgehead atoms. The van der Waals surface area contributed by atoms with E-state index in [0.29, 0.717) is 29.7 Å². The van der Waals surface area contributed by atoms with Gasteiger partial charge in [-0.25, -0.2) is 15.0 Å². The van der Waals surface area contributed by atoms with Crippen LogP contribution in [0.4, 0.5) is 23.1 Å². The molecule has 0 amide bonds. The molecule has 0 spiro atoms. The number of nitrogen functional groups attached to an aromatic ring is 1. The van der Waals surface area contributed by atoms with Crippen LogP contribution in [-0.4, -0.2) is 15.0 Å². The second kappa shape index (κ2) is 6.74. The Balaban J connectivity index is 1.74. The van der Waals surface area contributed by atoms with Crippen LogP contribution in [0.5, 0.6) is 0 Å². The Bertz CT molecular complexity index is 771. The Labute approximate surface area is 134 Å². The molecule has 23 heavy (non-hydrogen) atoms. The zero-order valence-corrected chi connectivity index (χ0v) is 12.8. The van der Waals surface area contributed by atoms with Gasteiger partial charge in [-0.2, -0.15) is 0 Å². The highest BCUT2D eigenvalue weighted by Gasteiger charge is 2.08. The van der Waals surface area contributed by atoms with Gasteiger partial charge in [0.25, 0.3) is 0 Å². The van der Waals surface area contributed by atoms with Crippen molar-refractivity contribution in [3.63, 3.8) is 0 Å². The molecule has 0 saturated heterocycles. The summed E-state index contributed by atoms with van der Waals surface area (Å²) in [5, 5.41) is 6.34. The van der Waals surface area contributed by atoms with Crippen molar-refractivity contribution in [1.82, 2.24) is 15.0 Å². The molecule has 0 aliphatic carbocycles. The molecule has 116 valence electrons. The highest BCUT2D eigenvalue weighted by atomic mass is 15.1. The van der Waals surface area contributed by atoms with E-state index in [9.17, 15) is 0 Å². The van der Waals surface area contributed by atoms with E-state index in [-0.39, 0.29) is 0 Å². The zero-order valence-electron chi connectivity index (χ0n) is 12.8. The third-order valence-electron chi connectivity index (χ3n) is 3.34. The Kier molecular flexibility index (Phi) is 4.33. The lowest BCUT2D eigenvalue weighted by atomic mass is 10.2. The number of benzene rings is 1. The highest BCUT2D eigenvalue weighted by molar-refractivity contribution is 5.76. The number of anilines is 4. The van der Waals surface area contributed by atoms with Crippen molar-refractivity contribution in [3.05, 3.63) is 66.1 Å². The lowest BCUT2D eigenvalue weighted by Gasteiger charge is -2.12. The highest BCUT2D eigenvalue weighted by Crippen LogP contribution is 2.25. The molecule has 0 atom stereocenters. The second-order valence-electron chi connectivity index (χ2n) is 5.17. The zero-order chi connectivity index (χ0) is 16.1. The van der Waals surface area contributed by atoms with E-state index >= 15 is 0 Å². The van der Waals surface area contributed by atoms with Crippen LogP contribution in [0.3, 0.4) is 0 Å². The molecule has 2 heterocycles. The van der Waals surface area contributed by atoms with Crippen molar-refractivity contribution in [2.75, 3.05) is 16.4 Å². The first kappa shape index (κ1) is 14.8. The van der Waals surface area contributed by atoms with E-state index in [0.717, 1.165) is 11.1 Å². The smallest absolute Gasteiger partial charge is 0.160 e. The summed E-state index contributed by atoms with van der Waals surface area (Å²) in [4.78, 5) is 12.7. The fourth-order valence-electron chi connectivity index (χ4n) is 2.08. The maximum Gasteiger partial charge on any atom is 0.160 e. The van der Waals surface area contributed by atoms with Crippen LogP contribution < -0.4 is 16.4 Å². The Hall–Kier alpha value is -3.15. The van der Waals surface area contributed by atoms with Crippen molar-refractivity contribution in [2.24, 2.45) is 0 Å². The molecule has 6 heteroatoms. The number of pyridine rings is 1. The van der Waals surface area contributed by atoms with Gasteiger partial charge in [-0.15, -0.1) is 0 Å². The fourth-order valence-corrected chi connectivity index (χ4v) is 2.08. The van der Waals surface area contributed by atoms with E-state index in [1.165, 1.54) is 6.33 Å². The van der Waals surface area contributed by atoms with E-state index in [1.807, 2.05) is 49.4 Å². The average Bonchev–Trinajstić information content (AvgIpc) is 2.58. The van der Waals surface area contributed by atoms with Gasteiger partial charge < -0.3 is 16.4 Å². The maximum atomic E-state index is 6.15. The molecule has 0 fully saturated rings. The number of nitrogens with one attached hydrogen (secondary N) is 2. The summed E-state index contributed by atoms with van der Waals surface area (Å²) in [7, 11) is 0. The van der Waals surface area contributed by atoms with Gasteiger partial charge in [0.15, 0.2) is 11.6 Å². The van der Waals surface area contributed by atoms with Crippen molar-refractivity contribution in [1.29, 1.82) is 0 Å². The first-order valence-electron chi connectivity index (χ1n) is 7.30. The maximum absolute atomic E-state index is 6.15. The Morgan fingerprint density at radius 2 is 1.74 bits per heavy atom. The summed E-state index contributed by atoms with van der Waals surface area (Å²) < 4.78 is 0. The minimum absolute atomic E-state index is 0.464. The number of aryl methyl sites for hydroxylation is 1. The Morgan fingerprint density at radius 3 is 2.48 bits per heavy atom. The second-order valence-corrected chi connectivity index (χ2v) is 5.17. The normalized spacial score (nSPS) is 10.3. The summed E-state index contributed by atoms with van der Waals surface area (Å²) in [5.41, 5.74) is 8.86.